The average Bonchev–Trinajstić information content (AvgIpc) is 2.52. The molecular formula is C20H22FNO3. The average molecular weight is 343 g/mol. The maximum atomic E-state index is 13.7. The highest BCUT2D eigenvalue weighted by atomic mass is 19.1. The van der Waals surface area contributed by atoms with Crippen LogP contribution >= 0.6 is 0 Å². The molecule has 0 spiro atoms. The van der Waals surface area contributed by atoms with Gasteiger partial charge in [-0.05, 0) is 43.7 Å². The summed E-state index contributed by atoms with van der Waals surface area (Å²) >= 11 is 0. The van der Waals surface area contributed by atoms with Crippen LogP contribution in [0.3, 0.4) is 0 Å². The smallest absolute Gasteiger partial charge is 0.254 e. The number of rotatable bonds is 5. The lowest BCUT2D eigenvalue weighted by Crippen LogP contribution is -2.54. The van der Waals surface area contributed by atoms with E-state index >= 15 is 0 Å². The Morgan fingerprint density at radius 3 is 2.44 bits per heavy atom. The minimum atomic E-state index is -0.399. The maximum absolute atomic E-state index is 13.7. The standard InChI is InChI=1S/C20H22FNO3/c1-13-6-14(2)8-16(7-13)20(23)22-10-17(11-22)25-12-15-4-5-19(24-3)18(21)9-15/h4-9,17H,10-12H2,1-3H3. The number of amides is 1. The van der Waals surface area contributed by atoms with E-state index in [1.807, 2.05) is 32.0 Å². The molecule has 1 fully saturated rings. The summed E-state index contributed by atoms with van der Waals surface area (Å²) in [5.74, 6) is -0.149. The van der Waals surface area contributed by atoms with Gasteiger partial charge in [0.25, 0.3) is 5.91 Å². The van der Waals surface area contributed by atoms with E-state index in [1.54, 1.807) is 17.0 Å². The molecule has 2 aromatic carbocycles. The van der Waals surface area contributed by atoms with E-state index < -0.39 is 5.82 Å². The molecule has 132 valence electrons. The summed E-state index contributed by atoms with van der Waals surface area (Å²) in [6.45, 7) is 5.41. The molecule has 4 nitrogen and oxygen atoms in total. The topological polar surface area (TPSA) is 38.8 Å². The number of aryl methyl sites for hydroxylation is 2. The zero-order valence-electron chi connectivity index (χ0n) is 14.7. The highest BCUT2D eigenvalue weighted by molar-refractivity contribution is 5.95. The van der Waals surface area contributed by atoms with Crippen molar-refractivity contribution < 1.29 is 18.7 Å². The van der Waals surface area contributed by atoms with Gasteiger partial charge in [-0.2, -0.15) is 0 Å². The summed E-state index contributed by atoms with van der Waals surface area (Å²) in [5, 5.41) is 0. The molecular weight excluding hydrogens is 321 g/mol. The molecule has 2 aromatic rings. The minimum Gasteiger partial charge on any atom is -0.494 e. The number of likely N-dealkylation sites (tertiary alicyclic amines) is 1. The first-order chi connectivity index (χ1) is 12.0. The van der Waals surface area contributed by atoms with E-state index in [9.17, 15) is 9.18 Å². The van der Waals surface area contributed by atoms with Crippen LogP contribution < -0.4 is 4.74 Å². The number of nitrogens with zero attached hydrogens (tertiary/aromatic N) is 1. The Balaban J connectivity index is 1.51. The van der Waals surface area contributed by atoms with Crippen LogP contribution in [0.5, 0.6) is 5.75 Å². The normalized spacial score (nSPS) is 14.3. The van der Waals surface area contributed by atoms with E-state index in [-0.39, 0.29) is 17.8 Å². The molecule has 0 N–H and O–H groups in total. The van der Waals surface area contributed by atoms with Crippen molar-refractivity contribution in [3.05, 3.63) is 64.5 Å². The van der Waals surface area contributed by atoms with Gasteiger partial charge in [0.1, 0.15) is 0 Å². The van der Waals surface area contributed by atoms with Crippen molar-refractivity contribution in [2.75, 3.05) is 20.2 Å². The van der Waals surface area contributed by atoms with Crippen molar-refractivity contribution in [1.82, 2.24) is 4.90 Å². The number of halogens is 1. The zero-order valence-corrected chi connectivity index (χ0v) is 14.7. The Hall–Kier alpha value is -2.40. The third-order valence-corrected chi connectivity index (χ3v) is 4.31. The van der Waals surface area contributed by atoms with Crippen LogP contribution in [-0.4, -0.2) is 37.1 Å². The van der Waals surface area contributed by atoms with Gasteiger partial charge in [-0.15, -0.1) is 0 Å². The van der Waals surface area contributed by atoms with Crippen molar-refractivity contribution in [3.63, 3.8) is 0 Å². The SMILES string of the molecule is COc1ccc(COC2CN(C(=O)c3cc(C)cc(C)c3)C2)cc1F. The van der Waals surface area contributed by atoms with Gasteiger partial charge in [-0.25, -0.2) is 4.39 Å². The van der Waals surface area contributed by atoms with Gasteiger partial charge in [-0.1, -0.05) is 23.3 Å². The fourth-order valence-electron chi connectivity index (χ4n) is 3.00. The Kier molecular flexibility index (Phi) is 5.04. The molecule has 0 unspecified atom stereocenters. The summed E-state index contributed by atoms with van der Waals surface area (Å²) in [6, 6.07) is 10.6. The van der Waals surface area contributed by atoms with Crippen LogP contribution in [0.4, 0.5) is 4.39 Å². The Labute approximate surface area is 147 Å². The van der Waals surface area contributed by atoms with Crippen molar-refractivity contribution in [3.8, 4) is 5.75 Å². The maximum Gasteiger partial charge on any atom is 0.254 e. The van der Waals surface area contributed by atoms with Gasteiger partial charge in [0, 0.05) is 18.7 Å². The van der Waals surface area contributed by atoms with E-state index in [4.69, 9.17) is 9.47 Å². The molecule has 0 bridgehead atoms. The molecule has 0 atom stereocenters. The predicted molar refractivity (Wildman–Crippen MR) is 93.3 cm³/mol. The Morgan fingerprint density at radius 2 is 1.84 bits per heavy atom. The first-order valence-electron chi connectivity index (χ1n) is 8.28. The van der Waals surface area contributed by atoms with Gasteiger partial charge in [0.05, 0.1) is 19.8 Å². The molecule has 1 saturated heterocycles. The Morgan fingerprint density at radius 1 is 1.16 bits per heavy atom. The minimum absolute atomic E-state index is 0.0139. The largest absolute Gasteiger partial charge is 0.494 e. The molecule has 0 radical (unpaired) electrons. The van der Waals surface area contributed by atoms with Crippen molar-refractivity contribution in [1.29, 1.82) is 0 Å². The first kappa shape index (κ1) is 17.4. The van der Waals surface area contributed by atoms with Crippen LogP contribution in [0.2, 0.25) is 0 Å². The van der Waals surface area contributed by atoms with Gasteiger partial charge in [-0.3, -0.25) is 4.79 Å². The van der Waals surface area contributed by atoms with Gasteiger partial charge < -0.3 is 14.4 Å². The summed E-state index contributed by atoms with van der Waals surface area (Å²) in [7, 11) is 1.43. The van der Waals surface area contributed by atoms with Crippen molar-refractivity contribution >= 4 is 5.91 Å². The lowest BCUT2D eigenvalue weighted by molar-refractivity contribution is -0.0503. The van der Waals surface area contributed by atoms with Crippen LogP contribution in [0.1, 0.15) is 27.0 Å². The Bertz CT molecular complexity index is 764. The summed E-state index contributed by atoms with van der Waals surface area (Å²) in [4.78, 5) is 14.2. The zero-order chi connectivity index (χ0) is 18.0. The monoisotopic (exact) mass is 343 g/mol. The second-order valence-electron chi connectivity index (χ2n) is 6.49. The molecule has 25 heavy (non-hydrogen) atoms. The third-order valence-electron chi connectivity index (χ3n) is 4.31. The molecule has 0 saturated carbocycles. The summed E-state index contributed by atoms with van der Waals surface area (Å²) in [6.07, 6.45) is -0.0139. The molecule has 3 rings (SSSR count). The fraction of sp³-hybridized carbons (Fsp3) is 0.350. The lowest BCUT2D eigenvalue weighted by atomic mass is 10.0. The van der Waals surface area contributed by atoms with Gasteiger partial charge in [0.2, 0.25) is 0 Å². The second kappa shape index (κ2) is 7.23. The van der Waals surface area contributed by atoms with Crippen molar-refractivity contribution in [2.45, 2.75) is 26.6 Å². The molecule has 1 heterocycles. The molecule has 0 aliphatic carbocycles. The van der Waals surface area contributed by atoms with Gasteiger partial charge >= 0.3 is 0 Å². The number of carbonyl (C=O) groups excluding carboxylic acids is 1. The molecule has 1 aliphatic heterocycles. The molecule has 1 aliphatic rings. The highest BCUT2D eigenvalue weighted by Gasteiger charge is 2.32. The second-order valence-corrected chi connectivity index (χ2v) is 6.49. The lowest BCUT2D eigenvalue weighted by Gasteiger charge is -2.39. The third kappa shape index (κ3) is 3.99. The van der Waals surface area contributed by atoms with Crippen LogP contribution in [0.15, 0.2) is 36.4 Å². The molecule has 1 amide bonds. The fourth-order valence-corrected chi connectivity index (χ4v) is 3.00. The summed E-state index contributed by atoms with van der Waals surface area (Å²) in [5.41, 5.74) is 3.63. The number of carbonyl (C=O) groups is 1. The van der Waals surface area contributed by atoms with Crippen LogP contribution in [-0.2, 0) is 11.3 Å². The van der Waals surface area contributed by atoms with E-state index in [1.165, 1.54) is 13.2 Å². The molecule has 5 heteroatoms. The van der Waals surface area contributed by atoms with Gasteiger partial charge in [0.15, 0.2) is 11.6 Å². The van der Waals surface area contributed by atoms with E-state index in [0.29, 0.717) is 25.3 Å². The summed E-state index contributed by atoms with van der Waals surface area (Å²) < 4.78 is 24.3. The van der Waals surface area contributed by atoms with Crippen LogP contribution in [0, 0.1) is 19.7 Å². The quantitative estimate of drug-likeness (QED) is 0.834. The highest BCUT2D eigenvalue weighted by Crippen LogP contribution is 2.21. The number of benzene rings is 2. The number of ether oxygens (including phenoxy) is 2. The van der Waals surface area contributed by atoms with E-state index in [2.05, 4.69) is 0 Å². The number of hydrogen-bond acceptors (Lipinski definition) is 3. The predicted octanol–water partition coefficient (Wildman–Crippen LogP) is 3.49. The first-order valence-corrected chi connectivity index (χ1v) is 8.28. The number of methoxy groups -OCH3 is 1. The van der Waals surface area contributed by atoms with E-state index in [0.717, 1.165) is 16.7 Å². The number of hydrogen-bond donors (Lipinski definition) is 0. The molecule has 0 aromatic heterocycles. The van der Waals surface area contributed by atoms with Crippen molar-refractivity contribution in [2.24, 2.45) is 0 Å². The van der Waals surface area contributed by atoms with Crippen LogP contribution in [0.25, 0.3) is 0 Å².